The summed E-state index contributed by atoms with van der Waals surface area (Å²) in [4.78, 5) is 2.59. The third kappa shape index (κ3) is 5.08. The number of para-hydroxylation sites is 3. The van der Waals surface area contributed by atoms with E-state index in [1.54, 1.807) is 0 Å². The molecule has 0 unspecified atom stereocenters. The van der Waals surface area contributed by atoms with Crippen molar-refractivity contribution < 1.29 is 10.7 Å². The molecular weight excluding hydrogens is 545 g/mol. The first-order valence-corrected chi connectivity index (χ1v) is 16.2. The predicted octanol–water partition coefficient (Wildman–Crippen LogP) is 6.87. The van der Waals surface area contributed by atoms with Gasteiger partial charge in [-0.05, 0) is 0 Å². The second kappa shape index (κ2) is 10.2. The van der Waals surface area contributed by atoms with Crippen LogP contribution in [0.1, 0.15) is 97.6 Å². The van der Waals surface area contributed by atoms with Crippen LogP contribution in [-0.2, 0) is 4.65 Å². The summed E-state index contributed by atoms with van der Waals surface area (Å²) in [5.41, 5.74) is 3.81. The molecule has 190 valence electrons. The molecule has 0 spiro atoms. The summed E-state index contributed by atoms with van der Waals surface area (Å²) < 4.78 is 22.3. The molecule has 5 nitrogen and oxygen atoms in total. The van der Waals surface area contributed by atoms with E-state index in [-0.39, 0.29) is 18.3 Å². The Morgan fingerprint density at radius 3 is 1.77 bits per heavy atom. The Kier molecular flexibility index (Phi) is 7.77. The zero-order valence-corrected chi connectivity index (χ0v) is 25.5. The molecule has 0 atom stereocenters. The van der Waals surface area contributed by atoms with E-state index in [9.17, 15) is 0 Å². The van der Waals surface area contributed by atoms with Crippen LogP contribution in [0.25, 0.3) is 0 Å². The van der Waals surface area contributed by atoms with Crippen molar-refractivity contribution in [2.24, 2.45) is 0 Å². The molecule has 2 aromatic rings. The van der Waals surface area contributed by atoms with Crippen LogP contribution in [0.2, 0.25) is 0 Å². The Morgan fingerprint density at radius 2 is 1.34 bits per heavy atom. The van der Waals surface area contributed by atoms with Gasteiger partial charge in [-0.3, -0.25) is 0 Å². The Balaban J connectivity index is 1.93. The summed E-state index contributed by atoms with van der Waals surface area (Å²) in [6, 6.07) is 14.8. The van der Waals surface area contributed by atoms with Crippen LogP contribution in [0.5, 0.6) is 11.5 Å². The molecule has 0 amide bonds. The summed E-state index contributed by atoms with van der Waals surface area (Å²) in [5, 5.41) is 0. The van der Waals surface area contributed by atoms with Gasteiger partial charge >= 0.3 is 222 Å². The molecule has 0 radical (unpaired) electrons. The number of rotatable bonds is 7. The van der Waals surface area contributed by atoms with Crippen molar-refractivity contribution in [1.29, 1.82) is 0 Å². The van der Waals surface area contributed by atoms with Crippen molar-refractivity contribution in [3.63, 3.8) is 0 Å². The van der Waals surface area contributed by atoms with E-state index in [0.29, 0.717) is 11.8 Å². The minimum absolute atomic E-state index is 0.0293. The van der Waals surface area contributed by atoms with Crippen LogP contribution in [0, 0.1) is 0 Å². The van der Waals surface area contributed by atoms with Gasteiger partial charge in [0.1, 0.15) is 0 Å². The van der Waals surface area contributed by atoms with Gasteiger partial charge in [-0.2, -0.15) is 0 Å². The quantitative estimate of drug-likeness (QED) is 0.331. The average molecular weight is 587 g/mol. The Hall–Kier alpha value is -1.36. The van der Waals surface area contributed by atoms with E-state index in [2.05, 4.69) is 81.4 Å². The molecule has 2 heterocycles. The molecule has 0 bridgehead atoms. The maximum atomic E-state index is 6.68. The first kappa shape index (κ1) is 26.7. The van der Waals surface area contributed by atoms with Gasteiger partial charge in [-0.15, -0.1) is 0 Å². The fourth-order valence-corrected chi connectivity index (χ4v) is 10.4. The van der Waals surface area contributed by atoms with E-state index in [4.69, 9.17) is 10.7 Å². The SMILES string of the molecule is COB([N](c1c(C(C)C)cccc1C(C)C)[Sb]1[O]c2ccccc2[O]1)N1C(C)(C)CCCC1(C)C. The van der Waals surface area contributed by atoms with Crippen LogP contribution < -0.4 is 9.00 Å². The van der Waals surface area contributed by atoms with Gasteiger partial charge in [0.15, 0.2) is 0 Å². The van der Waals surface area contributed by atoms with Gasteiger partial charge in [-0.1, -0.05) is 0 Å². The van der Waals surface area contributed by atoms with Gasteiger partial charge in [0.25, 0.3) is 0 Å². The Morgan fingerprint density at radius 1 is 0.857 bits per heavy atom. The van der Waals surface area contributed by atoms with E-state index >= 15 is 0 Å². The molecule has 2 aliphatic heterocycles. The number of nitrogens with zero attached hydrogens (tertiary/aromatic N) is 2. The fraction of sp³-hybridized carbons (Fsp3) is 0.571. The molecule has 2 aromatic carbocycles. The van der Waals surface area contributed by atoms with Gasteiger partial charge < -0.3 is 0 Å². The number of fused-ring (bicyclic) bond motifs is 1. The van der Waals surface area contributed by atoms with Crippen LogP contribution in [0.3, 0.4) is 0 Å². The van der Waals surface area contributed by atoms with Crippen LogP contribution in [0.4, 0.5) is 5.69 Å². The van der Waals surface area contributed by atoms with Crippen LogP contribution >= 0.6 is 0 Å². The van der Waals surface area contributed by atoms with E-state index in [1.165, 1.54) is 23.2 Å². The fourth-order valence-electron chi connectivity index (χ4n) is 5.85. The summed E-state index contributed by atoms with van der Waals surface area (Å²) in [6.07, 6.45) is 3.48. The summed E-state index contributed by atoms with van der Waals surface area (Å²) >= 11 is -3.02. The minimum atomic E-state index is -3.02. The van der Waals surface area contributed by atoms with Crippen molar-refractivity contribution in [2.45, 2.75) is 97.6 Å². The van der Waals surface area contributed by atoms with E-state index in [1.807, 2.05) is 31.4 Å². The number of hydrogen-bond acceptors (Lipinski definition) is 5. The number of anilines is 1. The molecule has 0 aliphatic carbocycles. The zero-order chi connectivity index (χ0) is 25.5. The monoisotopic (exact) mass is 586 g/mol. The summed E-state index contributed by atoms with van der Waals surface area (Å²) in [5.74, 6) is 2.41. The van der Waals surface area contributed by atoms with Gasteiger partial charge in [-0.25, -0.2) is 0 Å². The van der Waals surface area contributed by atoms with E-state index < -0.39 is 21.3 Å². The van der Waals surface area contributed by atoms with Crippen molar-refractivity contribution >= 4 is 34.2 Å². The molecule has 0 N–H and O–H groups in total. The summed E-state index contributed by atoms with van der Waals surface area (Å²) in [6.45, 7) is 18.5. The maximum absolute atomic E-state index is 6.68. The van der Waals surface area contributed by atoms with Gasteiger partial charge in [0, 0.05) is 0 Å². The van der Waals surface area contributed by atoms with Crippen molar-refractivity contribution in [3.8, 4) is 11.5 Å². The second-order valence-electron chi connectivity index (χ2n) is 11.7. The third-order valence-corrected chi connectivity index (χ3v) is 11.6. The molecule has 4 rings (SSSR count). The molecule has 0 aromatic heterocycles. The predicted molar refractivity (Wildman–Crippen MR) is 147 cm³/mol. The van der Waals surface area contributed by atoms with Crippen molar-refractivity contribution in [1.82, 2.24) is 4.81 Å². The first-order chi connectivity index (χ1) is 16.5. The number of benzene rings is 2. The Labute approximate surface area is 221 Å². The first-order valence-electron chi connectivity index (χ1n) is 13.0. The molecule has 7 heteroatoms. The van der Waals surface area contributed by atoms with Crippen LogP contribution in [0.15, 0.2) is 42.5 Å². The molecule has 35 heavy (non-hydrogen) atoms. The number of piperidine rings is 1. The molecule has 1 fully saturated rings. The van der Waals surface area contributed by atoms with Crippen molar-refractivity contribution in [2.75, 3.05) is 10.1 Å². The third-order valence-electron chi connectivity index (χ3n) is 7.47. The number of hydrogen-bond donors (Lipinski definition) is 0. The normalized spacial score (nSPS) is 19.4. The molecular formula is C28H42BN2O3Sb. The average Bonchev–Trinajstić information content (AvgIpc) is 3.20. The molecule has 1 saturated heterocycles. The van der Waals surface area contributed by atoms with E-state index in [0.717, 1.165) is 24.3 Å². The molecule has 2 aliphatic rings. The molecule has 0 saturated carbocycles. The van der Waals surface area contributed by atoms with Crippen LogP contribution in [-0.4, -0.2) is 51.5 Å². The van der Waals surface area contributed by atoms with Gasteiger partial charge in [0.05, 0.1) is 0 Å². The van der Waals surface area contributed by atoms with Gasteiger partial charge in [0.2, 0.25) is 0 Å². The standard InChI is InChI=1S/C22H38BN2O.C6H6O2.Sb/c1-16(2)18-12-10-13-19(17(3)4)20(18)24-23(26-9)25-21(5,6)14-11-15-22(25,7)8;7-5-3-1-2-4-6(5)8;/h10,12-13,16-17H,11,14-15H2,1-9H3;1-4,7-8H;/q-1;;+3/p-2. The Bertz CT molecular complexity index is 975. The van der Waals surface area contributed by atoms with Crippen molar-refractivity contribution in [3.05, 3.63) is 53.6 Å². The zero-order valence-electron chi connectivity index (χ0n) is 23.0. The topological polar surface area (TPSA) is 34.2 Å². The summed E-state index contributed by atoms with van der Waals surface area (Å²) in [7, 11) is 1.55. The second-order valence-corrected chi connectivity index (χ2v) is 15.3.